The molecule has 2 aliphatic rings. The Bertz CT molecular complexity index is 1500. The number of carbonyl (C=O) groups excluding carboxylic acids is 2. The molecular weight excluding hydrogens is 781 g/mol. The van der Waals surface area contributed by atoms with E-state index in [4.69, 9.17) is 24.4 Å². The van der Waals surface area contributed by atoms with Crippen molar-refractivity contribution in [1.82, 2.24) is 9.80 Å². The average Bonchev–Trinajstić information content (AvgIpc) is 3.89. The summed E-state index contributed by atoms with van der Waals surface area (Å²) in [4.78, 5) is 37.6. The predicted molar refractivity (Wildman–Crippen MR) is 250 cm³/mol. The Kier molecular flexibility index (Phi) is 20.0. The molecule has 0 aromatic carbocycles. The Labute approximate surface area is 354 Å². The van der Waals surface area contributed by atoms with E-state index >= 15 is 0 Å². The number of rotatable bonds is 25. The van der Waals surface area contributed by atoms with E-state index in [0.29, 0.717) is 33.6 Å². The van der Waals surface area contributed by atoms with Gasteiger partial charge in [-0.1, -0.05) is 167 Å². The molecule has 4 heterocycles. The highest BCUT2D eigenvalue weighted by Crippen LogP contribution is 2.45. The maximum atomic E-state index is 13.7. The zero-order chi connectivity index (χ0) is 39.0. The number of hydrogen-bond donors (Lipinski definition) is 0. The lowest BCUT2D eigenvalue weighted by Crippen LogP contribution is -2.33. The molecule has 0 aliphatic carbocycles. The van der Waals surface area contributed by atoms with Crippen LogP contribution in [0.15, 0.2) is 21.9 Å². The SMILES string of the molecule is CCCCCCc1cc(/C=C2\SC(=S)N(CC(CC)CCCC)C2=O)sc1-c1sc(/C=C2\SC(=S)N(CC(CC)CCCC)C2=O)cc1CCCCCC. The van der Waals surface area contributed by atoms with Gasteiger partial charge in [0.2, 0.25) is 0 Å². The van der Waals surface area contributed by atoms with Gasteiger partial charge in [-0.25, -0.2) is 0 Å². The number of unbranched alkanes of at least 4 members (excludes halogenated alkanes) is 8. The van der Waals surface area contributed by atoms with Gasteiger partial charge in [0.05, 0.1) is 9.81 Å². The molecule has 2 unspecified atom stereocenters. The van der Waals surface area contributed by atoms with Crippen LogP contribution in [0.25, 0.3) is 21.9 Å². The fourth-order valence-corrected chi connectivity index (χ4v) is 12.4. The summed E-state index contributed by atoms with van der Waals surface area (Å²) in [6.45, 7) is 14.8. The first-order valence-corrected chi connectivity index (χ1v) is 25.0. The fourth-order valence-electron chi connectivity index (χ4n) is 7.21. The molecule has 4 nitrogen and oxygen atoms in total. The summed E-state index contributed by atoms with van der Waals surface area (Å²) >= 11 is 18.1. The molecule has 2 fully saturated rings. The first kappa shape index (κ1) is 45.4. The number of amides is 2. The molecule has 0 N–H and O–H groups in total. The summed E-state index contributed by atoms with van der Waals surface area (Å²) in [5, 5.41) is 0. The van der Waals surface area contributed by atoms with Crippen LogP contribution in [0.2, 0.25) is 0 Å². The van der Waals surface area contributed by atoms with Crippen LogP contribution in [0.5, 0.6) is 0 Å². The highest BCUT2D eigenvalue weighted by molar-refractivity contribution is 8.27. The van der Waals surface area contributed by atoms with Gasteiger partial charge in [0.25, 0.3) is 11.8 Å². The van der Waals surface area contributed by atoms with Crippen LogP contribution in [0, 0.1) is 11.8 Å². The minimum absolute atomic E-state index is 0.0577. The first-order chi connectivity index (χ1) is 26.2. The molecule has 2 amide bonds. The number of nitrogens with zero attached hydrogens (tertiary/aromatic N) is 2. The van der Waals surface area contributed by atoms with Crippen molar-refractivity contribution in [3.8, 4) is 9.75 Å². The molecule has 298 valence electrons. The third-order valence-corrected chi connectivity index (χ3v) is 15.9. The maximum absolute atomic E-state index is 13.7. The number of thioether (sulfide) groups is 2. The van der Waals surface area contributed by atoms with Gasteiger partial charge in [-0.3, -0.25) is 19.4 Å². The monoisotopic (exact) mass is 844 g/mol. The molecule has 2 atom stereocenters. The van der Waals surface area contributed by atoms with Gasteiger partial charge in [-0.05, 0) is 85.8 Å². The molecule has 4 rings (SSSR count). The van der Waals surface area contributed by atoms with Crippen LogP contribution in [0.1, 0.15) is 165 Å². The lowest BCUT2D eigenvalue weighted by Gasteiger charge is -2.21. The minimum atomic E-state index is 0.0577. The molecule has 10 heteroatoms. The fraction of sp³-hybridized carbons (Fsp3) is 0.636. The summed E-state index contributed by atoms with van der Waals surface area (Å²) in [5.74, 6) is 1.07. The summed E-state index contributed by atoms with van der Waals surface area (Å²) in [6.07, 6.45) is 25.0. The van der Waals surface area contributed by atoms with E-state index in [1.165, 1.54) is 109 Å². The van der Waals surface area contributed by atoms with Crippen LogP contribution in [-0.2, 0) is 22.4 Å². The molecule has 2 aromatic rings. The van der Waals surface area contributed by atoms with Crippen LogP contribution >= 0.6 is 70.6 Å². The Morgan fingerprint density at radius 3 is 1.31 bits per heavy atom. The van der Waals surface area contributed by atoms with Crippen LogP contribution in [0.4, 0.5) is 0 Å². The second kappa shape index (κ2) is 23.8. The smallest absolute Gasteiger partial charge is 0.266 e. The third-order valence-electron chi connectivity index (χ3n) is 10.7. The Balaban J connectivity index is 1.67. The summed E-state index contributed by atoms with van der Waals surface area (Å²) in [6, 6.07) is 4.67. The molecule has 2 aliphatic heterocycles. The zero-order valence-electron chi connectivity index (χ0n) is 33.8. The van der Waals surface area contributed by atoms with Gasteiger partial charge in [-0.2, -0.15) is 0 Å². The van der Waals surface area contributed by atoms with Gasteiger partial charge in [0, 0.05) is 32.6 Å². The van der Waals surface area contributed by atoms with Crippen molar-refractivity contribution in [3.05, 3.63) is 42.8 Å². The van der Waals surface area contributed by atoms with Crippen molar-refractivity contribution in [3.63, 3.8) is 0 Å². The Hall–Kier alpha value is -1.30. The Morgan fingerprint density at radius 1 is 0.574 bits per heavy atom. The topological polar surface area (TPSA) is 40.6 Å². The van der Waals surface area contributed by atoms with E-state index in [-0.39, 0.29) is 11.8 Å². The molecule has 0 spiro atoms. The molecule has 2 saturated heterocycles. The van der Waals surface area contributed by atoms with E-state index in [9.17, 15) is 9.59 Å². The quantitative estimate of drug-likeness (QED) is 0.0563. The van der Waals surface area contributed by atoms with Crippen molar-refractivity contribution < 1.29 is 9.59 Å². The molecule has 2 aromatic heterocycles. The van der Waals surface area contributed by atoms with Gasteiger partial charge in [0.1, 0.15) is 8.64 Å². The molecule has 0 radical (unpaired) electrons. The highest BCUT2D eigenvalue weighted by atomic mass is 32.2. The lowest BCUT2D eigenvalue weighted by atomic mass is 9.99. The van der Waals surface area contributed by atoms with Crippen LogP contribution in [0.3, 0.4) is 0 Å². The lowest BCUT2D eigenvalue weighted by molar-refractivity contribution is -0.123. The van der Waals surface area contributed by atoms with Gasteiger partial charge >= 0.3 is 0 Å². The van der Waals surface area contributed by atoms with E-state index in [0.717, 1.165) is 70.9 Å². The normalized spacial score (nSPS) is 17.7. The second-order valence-corrected chi connectivity index (χ2v) is 20.6. The summed E-state index contributed by atoms with van der Waals surface area (Å²) in [5.41, 5.74) is 2.74. The molecule has 0 bridgehead atoms. The van der Waals surface area contributed by atoms with E-state index in [1.54, 1.807) is 0 Å². The number of hydrogen-bond acceptors (Lipinski definition) is 8. The number of carbonyl (C=O) groups is 2. The summed E-state index contributed by atoms with van der Waals surface area (Å²) < 4.78 is 1.37. The van der Waals surface area contributed by atoms with Crippen molar-refractivity contribution in [2.45, 2.75) is 157 Å². The Morgan fingerprint density at radius 2 is 0.963 bits per heavy atom. The standard InChI is InChI=1S/C44H64N2O2S6/c1-7-13-17-19-23-33-25-35(27-37-41(47)45(43(49)53-37)29-31(11-5)21-15-9-3)51-39(33)40-34(24-20-18-14-8-2)26-36(52-40)28-38-42(48)46(44(50)54-38)30-32(12-6)22-16-10-4/h25-28,31-32H,7-24,29-30H2,1-6H3/b37-27-,38-28-. The minimum Gasteiger partial charge on any atom is -0.293 e. The predicted octanol–water partition coefficient (Wildman–Crippen LogP) is 14.6. The second-order valence-electron chi connectivity index (χ2n) is 15.0. The average molecular weight is 845 g/mol. The molecular formula is C44H64N2O2S6. The van der Waals surface area contributed by atoms with E-state index in [2.05, 4.69) is 65.8 Å². The molecule has 0 saturated carbocycles. The van der Waals surface area contributed by atoms with Gasteiger partial charge in [0.15, 0.2) is 0 Å². The van der Waals surface area contributed by atoms with Crippen LogP contribution in [-0.4, -0.2) is 43.3 Å². The van der Waals surface area contributed by atoms with Crippen molar-refractivity contribution in [1.29, 1.82) is 0 Å². The molecule has 54 heavy (non-hydrogen) atoms. The number of thiophene rings is 2. The van der Waals surface area contributed by atoms with E-state index < -0.39 is 0 Å². The number of aryl methyl sites for hydroxylation is 2. The van der Waals surface area contributed by atoms with Crippen molar-refractivity contribution >= 4 is 103 Å². The number of thiocarbonyl (C=S) groups is 2. The largest absolute Gasteiger partial charge is 0.293 e. The van der Waals surface area contributed by atoms with Gasteiger partial charge < -0.3 is 0 Å². The maximum Gasteiger partial charge on any atom is 0.266 e. The van der Waals surface area contributed by atoms with E-state index in [1.807, 2.05) is 32.5 Å². The van der Waals surface area contributed by atoms with Crippen molar-refractivity contribution in [2.75, 3.05) is 13.1 Å². The highest BCUT2D eigenvalue weighted by Gasteiger charge is 2.35. The van der Waals surface area contributed by atoms with Crippen molar-refractivity contribution in [2.24, 2.45) is 11.8 Å². The zero-order valence-corrected chi connectivity index (χ0v) is 38.7. The van der Waals surface area contributed by atoms with Crippen LogP contribution < -0.4 is 0 Å². The van der Waals surface area contributed by atoms with Gasteiger partial charge in [-0.15, -0.1) is 22.7 Å². The first-order valence-electron chi connectivity index (χ1n) is 20.9. The third kappa shape index (κ3) is 12.9. The summed E-state index contributed by atoms with van der Waals surface area (Å²) in [7, 11) is 0.